The van der Waals surface area contributed by atoms with E-state index >= 15 is 0 Å². The van der Waals surface area contributed by atoms with Gasteiger partial charge in [-0.3, -0.25) is 0 Å². The monoisotopic (exact) mass is 322 g/mol. The van der Waals surface area contributed by atoms with Gasteiger partial charge in [0.2, 0.25) is 0 Å². The lowest BCUT2D eigenvalue weighted by Gasteiger charge is -2.12. The molecule has 1 unspecified atom stereocenters. The second-order valence-electron chi connectivity index (χ2n) is 5.42. The predicted molar refractivity (Wildman–Crippen MR) is 97.3 cm³/mol. The number of para-hydroxylation sites is 1. The molecule has 2 nitrogen and oxygen atoms in total. The summed E-state index contributed by atoms with van der Waals surface area (Å²) in [7, 11) is 0.328. The molecule has 1 atom stereocenters. The van der Waals surface area contributed by atoms with E-state index in [-0.39, 0.29) is 6.61 Å². The van der Waals surface area contributed by atoms with Gasteiger partial charge in [0.15, 0.2) is 0 Å². The Balaban J connectivity index is 1.88. The second-order valence-corrected chi connectivity index (χ2v) is 6.74. The third-order valence-corrected chi connectivity index (χ3v) is 5.24. The highest BCUT2D eigenvalue weighted by molar-refractivity contribution is 7.55. The van der Waals surface area contributed by atoms with Crippen molar-refractivity contribution >= 4 is 19.2 Å². The topological polar surface area (TPSA) is 40.5 Å². The van der Waals surface area contributed by atoms with Gasteiger partial charge in [0.25, 0.3) is 0 Å². The highest BCUT2D eigenvalue weighted by Crippen LogP contribution is 2.25. The van der Waals surface area contributed by atoms with Crippen LogP contribution in [0.4, 0.5) is 0 Å². The molecular weight excluding hydrogens is 303 g/mol. The van der Waals surface area contributed by atoms with E-state index in [0.29, 0.717) is 20.8 Å². The summed E-state index contributed by atoms with van der Waals surface area (Å²) in [6, 6.07) is 23.9. The molecule has 0 aliphatic carbocycles. The quantitative estimate of drug-likeness (QED) is 0.709. The Hall–Kier alpha value is -2.15. The minimum absolute atomic E-state index is 0.0215. The summed E-state index contributed by atoms with van der Waals surface area (Å²) in [6.07, 6.45) is 0.715. The van der Waals surface area contributed by atoms with Crippen LogP contribution >= 0.6 is 8.58 Å². The van der Waals surface area contributed by atoms with Crippen LogP contribution in [-0.4, -0.2) is 10.2 Å². The zero-order chi connectivity index (χ0) is 16.1. The smallest absolute Gasteiger partial charge is 0.126 e. The number of phenolic OH excluding ortho intramolecular Hbond substituents is 1. The first-order valence-electron chi connectivity index (χ1n) is 7.58. The number of aliphatic hydroxyl groups is 1. The van der Waals surface area contributed by atoms with Gasteiger partial charge in [0.1, 0.15) is 5.75 Å². The minimum atomic E-state index is 0.0215. The molecule has 3 aromatic carbocycles. The molecule has 0 amide bonds. The number of phenols is 1. The van der Waals surface area contributed by atoms with Crippen molar-refractivity contribution in [3.63, 3.8) is 0 Å². The van der Waals surface area contributed by atoms with E-state index in [2.05, 4.69) is 12.1 Å². The molecular formula is C20H19O2P. The third kappa shape index (κ3) is 3.79. The number of benzene rings is 3. The van der Waals surface area contributed by atoms with Crippen molar-refractivity contribution in [3.05, 3.63) is 89.5 Å². The lowest BCUT2D eigenvalue weighted by Crippen LogP contribution is -2.10. The third-order valence-electron chi connectivity index (χ3n) is 3.81. The Morgan fingerprint density at radius 2 is 1.35 bits per heavy atom. The van der Waals surface area contributed by atoms with E-state index in [0.717, 1.165) is 21.7 Å². The summed E-state index contributed by atoms with van der Waals surface area (Å²) in [5.41, 5.74) is 3.03. The van der Waals surface area contributed by atoms with Gasteiger partial charge in [-0.25, -0.2) is 0 Å². The van der Waals surface area contributed by atoms with Gasteiger partial charge in [-0.05, 0) is 22.0 Å². The van der Waals surface area contributed by atoms with Crippen molar-refractivity contribution in [2.75, 3.05) is 0 Å². The summed E-state index contributed by atoms with van der Waals surface area (Å²) in [5, 5.41) is 22.1. The Bertz CT molecular complexity index is 785. The van der Waals surface area contributed by atoms with E-state index in [1.54, 1.807) is 0 Å². The maximum absolute atomic E-state index is 10.6. The molecule has 116 valence electrons. The van der Waals surface area contributed by atoms with E-state index < -0.39 is 0 Å². The lowest BCUT2D eigenvalue weighted by atomic mass is 10.0. The molecule has 0 bridgehead atoms. The molecule has 3 rings (SSSR count). The fraction of sp³-hybridized carbons (Fsp3) is 0.100. The molecule has 0 spiro atoms. The number of rotatable bonds is 5. The molecule has 0 aliphatic heterocycles. The van der Waals surface area contributed by atoms with Crippen molar-refractivity contribution < 1.29 is 10.2 Å². The summed E-state index contributed by atoms with van der Waals surface area (Å²) in [4.78, 5) is 0. The SMILES string of the molecule is OCc1ccccc1Pc1cccc(Cc2ccccc2)c1O. The highest BCUT2D eigenvalue weighted by atomic mass is 31.1. The maximum atomic E-state index is 10.6. The van der Waals surface area contributed by atoms with Crippen LogP contribution in [0.3, 0.4) is 0 Å². The van der Waals surface area contributed by atoms with Crippen LogP contribution in [0.5, 0.6) is 5.75 Å². The van der Waals surface area contributed by atoms with Gasteiger partial charge in [-0.2, -0.15) is 0 Å². The van der Waals surface area contributed by atoms with Crippen molar-refractivity contribution in [1.82, 2.24) is 0 Å². The minimum Gasteiger partial charge on any atom is -0.507 e. The molecule has 0 radical (unpaired) electrons. The molecule has 3 aromatic rings. The largest absolute Gasteiger partial charge is 0.507 e. The zero-order valence-corrected chi connectivity index (χ0v) is 13.7. The average molecular weight is 322 g/mol. The van der Waals surface area contributed by atoms with Crippen molar-refractivity contribution in [2.24, 2.45) is 0 Å². The first kappa shape index (κ1) is 15.7. The van der Waals surface area contributed by atoms with E-state index in [9.17, 15) is 10.2 Å². The van der Waals surface area contributed by atoms with Crippen LogP contribution in [0.15, 0.2) is 72.8 Å². The lowest BCUT2D eigenvalue weighted by molar-refractivity contribution is 0.283. The number of aromatic hydroxyl groups is 1. The Labute approximate surface area is 138 Å². The summed E-state index contributed by atoms with van der Waals surface area (Å²) >= 11 is 0. The predicted octanol–water partition coefficient (Wildman–Crippen LogP) is 3.10. The van der Waals surface area contributed by atoms with E-state index in [1.165, 1.54) is 5.56 Å². The molecule has 2 N–H and O–H groups in total. The van der Waals surface area contributed by atoms with Gasteiger partial charge in [-0.15, -0.1) is 0 Å². The van der Waals surface area contributed by atoms with Gasteiger partial charge < -0.3 is 10.2 Å². The van der Waals surface area contributed by atoms with Gasteiger partial charge in [0.05, 0.1) is 6.61 Å². The van der Waals surface area contributed by atoms with Crippen LogP contribution in [0.2, 0.25) is 0 Å². The first-order valence-corrected chi connectivity index (χ1v) is 8.58. The molecule has 0 aliphatic rings. The Morgan fingerprint density at radius 1 is 0.696 bits per heavy atom. The van der Waals surface area contributed by atoms with Crippen LogP contribution in [-0.2, 0) is 13.0 Å². The van der Waals surface area contributed by atoms with Crippen molar-refractivity contribution in [2.45, 2.75) is 13.0 Å². The van der Waals surface area contributed by atoms with E-state index in [4.69, 9.17) is 0 Å². The molecule has 0 saturated heterocycles. The zero-order valence-electron chi connectivity index (χ0n) is 12.7. The standard InChI is InChI=1S/C20H19O2P/c21-14-17-9-4-5-11-18(17)23-19-12-6-10-16(20(19)22)13-15-7-2-1-3-8-15/h1-12,21-23H,13-14H2. The summed E-state index contributed by atoms with van der Waals surface area (Å²) in [6.45, 7) is 0.0215. The number of aliphatic hydroxyl groups excluding tert-OH is 1. The molecule has 0 aromatic heterocycles. The molecule has 3 heteroatoms. The maximum Gasteiger partial charge on any atom is 0.126 e. The Kier molecular flexibility index (Phi) is 5.07. The Morgan fingerprint density at radius 3 is 2.13 bits per heavy atom. The van der Waals surface area contributed by atoms with Crippen LogP contribution in [0.25, 0.3) is 0 Å². The fourth-order valence-electron chi connectivity index (χ4n) is 2.58. The average Bonchev–Trinajstić information content (AvgIpc) is 2.60. The fourth-order valence-corrected chi connectivity index (χ4v) is 3.83. The number of hydrogen-bond acceptors (Lipinski definition) is 2. The highest BCUT2D eigenvalue weighted by Gasteiger charge is 2.10. The number of hydrogen-bond donors (Lipinski definition) is 2. The van der Waals surface area contributed by atoms with Crippen molar-refractivity contribution in [3.8, 4) is 5.75 Å². The normalized spacial score (nSPS) is 11.2. The molecule has 0 heterocycles. The van der Waals surface area contributed by atoms with Gasteiger partial charge in [-0.1, -0.05) is 81.4 Å². The first-order chi connectivity index (χ1) is 11.3. The molecule has 0 saturated carbocycles. The van der Waals surface area contributed by atoms with Gasteiger partial charge >= 0.3 is 0 Å². The summed E-state index contributed by atoms with van der Waals surface area (Å²) < 4.78 is 0. The van der Waals surface area contributed by atoms with E-state index in [1.807, 2.05) is 60.7 Å². The molecule has 0 fully saturated rings. The molecule has 23 heavy (non-hydrogen) atoms. The van der Waals surface area contributed by atoms with Crippen molar-refractivity contribution in [1.29, 1.82) is 0 Å². The summed E-state index contributed by atoms with van der Waals surface area (Å²) in [5.74, 6) is 0.363. The van der Waals surface area contributed by atoms with Gasteiger partial charge in [0, 0.05) is 11.7 Å². The van der Waals surface area contributed by atoms with Crippen LogP contribution in [0, 0.1) is 0 Å². The second kappa shape index (κ2) is 7.41. The van der Waals surface area contributed by atoms with Crippen LogP contribution < -0.4 is 10.6 Å². The van der Waals surface area contributed by atoms with Crippen LogP contribution in [0.1, 0.15) is 16.7 Å².